The molecule has 0 unspecified atom stereocenters. The van der Waals surface area contributed by atoms with Crippen molar-refractivity contribution in [3.05, 3.63) is 0 Å². The van der Waals surface area contributed by atoms with Crippen molar-refractivity contribution >= 4 is 9.84 Å². The van der Waals surface area contributed by atoms with Gasteiger partial charge in [-0.1, -0.05) is 0 Å². The first-order chi connectivity index (χ1) is 6.29. The zero-order chi connectivity index (χ0) is 10.6. The van der Waals surface area contributed by atoms with Crippen LogP contribution in [0.5, 0.6) is 0 Å². The molecule has 0 aromatic rings. The summed E-state index contributed by atoms with van der Waals surface area (Å²) in [6, 6.07) is -0.319. The highest BCUT2D eigenvalue weighted by Gasteiger charge is 2.47. The van der Waals surface area contributed by atoms with Crippen LogP contribution in [0, 0.1) is 0 Å². The summed E-state index contributed by atoms with van der Waals surface area (Å²) in [7, 11) is -3.08. The Morgan fingerprint density at radius 2 is 1.93 bits per heavy atom. The molecule has 2 N–H and O–H groups in total. The number of β-amino-alcohol motifs (C(OH)–C–C–N with tert-alkyl or cyclic N) is 1. The lowest BCUT2D eigenvalue weighted by atomic mass is 9.94. The molecule has 0 saturated carbocycles. The Morgan fingerprint density at radius 3 is 2.29 bits per heavy atom. The molecular formula is C8H15NO4S. The molecule has 6 heteroatoms. The minimum absolute atomic E-state index is 0.0181. The second-order valence-electron chi connectivity index (χ2n) is 4.61. The number of rotatable bonds is 1. The van der Waals surface area contributed by atoms with Gasteiger partial charge in [0.15, 0.2) is 9.84 Å². The van der Waals surface area contributed by atoms with E-state index in [4.69, 9.17) is 0 Å². The van der Waals surface area contributed by atoms with Crippen LogP contribution in [0.2, 0.25) is 0 Å². The summed E-state index contributed by atoms with van der Waals surface area (Å²) in [5.74, 6) is -0.124. The Kier molecular flexibility index (Phi) is 2.15. The fourth-order valence-electron chi connectivity index (χ4n) is 2.22. The Hall–Kier alpha value is -0.170. The van der Waals surface area contributed by atoms with Crippen LogP contribution in [-0.2, 0) is 9.84 Å². The van der Waals surface area contributed by atoms with E-state index in [0.717, 1.165) is 0 Å². The van der Waals surface area contributed by atoms with Crippen LogP contribution in [0.3, 0.4) is 0 Å². The van der Waals surface area contributed by atoms with Crippen LogP contribution in [-0.4, -0.2) is 65.9 Å². The lowest BCUT2D eigenvalue weighted by Gasteiger charge is -2.47. The molecule has 0 aromatic carbocycles. The van der Waals surface area contributed by atoms with Crippen molar-refractivity contribution in [3.8, 4) is 0 Å². The summed E-state index contributed by atoms with van der Waals surface area (Å²) >= 11 is 0. The quantitative estimate of drug-likeness (QED) is 0.547. The summed E-state index contributed by atoms with van der Waals surface area (Å²) in [4.78, 5) is 1.83. The molecule has 2 aliphatic heterocycles. The molecule has 82 valence electrons. The van der Waals surface area contributed by atoms with Gasteiger partial charge in [0.05, 0.1) is 29.3 Å². The monoisotopic (exact) mass is 221 g/mol. The predicted molar refractivity (Wildman–Crippen MR) is 50.6 cm³/mol. The first kappa shape index (κ1) is 10.4. The van der Waals surface area contributed by atoms with Crippen LogP contribution in [0.25, 0.3) is 0 Å². The molecule has 14 heavy (non-hydrogen) atoms. The van der Waals surface area contributed by atoms with E-state index in [-0.39, 0.29) is 17.5 Å². The second kappa shape index (κ2) is 2.91. The lowest BCUT2D eigenvalue weighted by molar-refractivity contribution is -0.112. The Labute approximate surface area is 83.3 Å². The van der Waals surface area contributed by atoms with E-state index < -0.39 is 21.5 Å². The van der Waals surface area contributed by atoms with Crippen LogP contribution in [0.1, 0.15) is 6.92 Å². The minimum Gasteiger partial charge on any atom is -0.390 e. The summed E-state index contributed by atoms with van der Waals surface area (Å²) in [5, 5.41) is 19.0. The van der Waals surface area contributed by atoms with Gasteiger partial charge >= 0.3 is 0 Å². The molecule has 0 aliphatic carbocycles. The maximum absolute atomic E-state index is 11.2. The molecule has 2 fully saturated rings. The van der Waals surface area contributed by atoms with Gasteiger partial charge in [0.25, 0.3) is 0 Å². The molecule has 0 amide bonds. The lowest BCUT2D eigenvalue weighted by Crippen LogP contribution is -2.65. The number of nitrogens with zero attached hydrogens (tertiary/aromatic N) is 1. The molecule has 2 atom stereocenters. The van der Waals surface area contributed by atoms with E-state index in [9.17, 15) is 18.6 Å². The summed E-state index contributed by atoms with van der Waals surface area (Å²) in [6.07, 6.45) is -0.795. The first-order valence-corrected chi connectivity index (χ1v) is 6.46. The van der Waals surface area contributed by atoms with Crippen molar-refractivity contribution in [1.82, 2.24) is 4.90 Å². The van der Waals surface area contributed by atoms with Crippen molar-refractivity contribution in [1.29, 1.82) is 0 Å². The van der Waals surface area contributed by atoms with E-state index in [1.54, 1.807) is 6.92 Å². The number of likely N-dealkylation sites (tertiary alicyclic amines) is 1. The van der Waals surface area contributed by atoms with Gasteiger partial charge in [0.2, 0.25) is 0 Å². The van der Waals surface area contributed by atoms with Gasteiger partial charge in [-0.15, -0.1) is 0 Å². The minimum atomic E-state index is -3.08. The number of hydrogen-bond acceptors (Lipinski definition) is 5. The molecule has 2 saturated heterocycles. The maximum Gasteiger partial charge on any atom is 0.154 e. The molecule has 2 heterocycles. The van der Waals surface area contributed by atoms with Crippen LogP contribution >= 0.6 is 0 Å². The third kappa shape index (κ3) is 1.79. The van der Waals surface area contributed by atoms with Gasteiger partial charge in [-0.2, -0.15) is 0 Å². The number of sulfone groups is 1. The molecule has 0 bridgehead atoms. The number of aliphatic hydroxyl groups excluding tert-OH is 1. The standard InChI is InChI=1S/C8H15NO4S/c1-8(11)4-9(5-8)6-2-14(12,13)3-7(6)10/h6-7,10-11H,2-5H2,1H3/t6-,7-/m1/s1. The summed E-state index contributed by atoms with van der Waals surface area (Å²) in [5.41, 5.74) is -0.716. The maximum atomic E-state index is 11.2. The molecule has 0 aromatic heterocycles. The van der Waals surface area contributed by atoms with Gasteiger partial charge in [-0.05, 0) is 6.92 Å². The largest absolute Gasteiger partial charge is 0.390 e. The van der Waals surface area contributed by atoms with E-state index in [1.165, 1.54) is 0 Å². The first-order valence-electron chi connectivity index (χ1n) is 4.64. The van der Waals surface area contributed by atoms with Gasteiger partial charge < -0.3 is 10.2 Å². The van der Waals surface area contributed by atoms with E-state index >= 15 is 0 Å². The normalized spacial score (nSPS) is 40.8. The average molecular weight is 221 g/mol. The van der Waals surface area contributed by atoms with Gasteiger partial charge in [-0.25, -0.2) is 8.42 Å². The van der Waals surface area contributed by atoms with E-state index in [0.29, 0.717) is 13.1 Å². The topological polar surface area (TPSA) is 77.8 Å². The smallest absolute Gasteiger partial charge is 0.154 e. The molecule has 2 rings (SSSR count). The Balaban J connectivity index is 2.01. The van der Waals surface area contributed by atoms with E-state index in [1.807, 2.05) is 4.90 Å². The third-order valence-corrected chi connectivity index (χ3v) is 4.55. The van der Waals surface area contributed by atoms with Gasteiger partial charge in [0.1, 0.15) is 0 Å². The van der Waals surface area contributed by atoms with Crippen LogP contribution in [0.4, 0.5) is 0 Å². The SMILES string of the molecule is CC1(O)CN([C@@H]2CS(=O)(=O)C[C@H]2O)C1. The average Bonchev–Trinajstić information content (AvgIpc) is 2.19. The van der Waals surface area contributed by atoms with Crippen LogP contribution in [0.15, 0.2) is 0 Å². The van der Waals surface area contributed by atoms with Crippen molar-refractivity contribution in [3.63, 3.8) is 0 Å². The zero-order valence-corrected chi connectivity index (χ0v) is 8.87. The van der Waals surface area contributed by atoms with Crippen molar-refractivity contribution in [2.45, 2.75) is 24.7 Å². The highest BCUT2D eigenvalue weighted by Crippen LogP contribution is 2.28. The Morgan fingerprint density at radius 1 is 1.36 bits per heavy atom. The van der Waals surface area contributed by atoms with Crippen molar-refractivity contribution in [2.24, 2.45) is 0 Å². The molecule has 0 spiro atoms. The summed E-state index contributed by atoms with van der Waals surface area (Å²) in [6.45, 7) is 2.60. The van der Waals surface area contributed by atoms with Crippen molar-refractivity contribution in [2.75, 3.05) is 24.6 Å². The van der Waals surface area contributed by atoms with Gasteiger partial charge in [0, 0.05) is 13.1 Å². The zero-order valence-electron chi connectivity index (χ0n) is 8.05. The highest BCUT2D eigenvalue weighted by atomic mass is 32.2. The molecule has 5 nitrogen and oxygen atoms in total. The molecule has 2 aliphatic rings. The Bertz CT molecular complexity index is 329. The number of hydrogen-bond donors (Lipinski definition) is 2. The fourth-order valence-corrected chi connectivity index (χ4v) is 4.05. The number of aliphatic hydroxyl groups is 2. The van der Waals surface area contributed by atoms with Crippen molar-refractivity contribution < 1.29 is 18.6 Å². The third-order valence-electron chi connectivity index (χ3n) is 2.85. The molecule has 0 radical (unpaired) electrons. The van der Waals surface area contributed by atoms with E-state index in [2.05, 4.69) is 0 Å². The predicted octanol–water partition coefficient (Wildman–Crippen LogP) is -1.79. The summed E-state index contributed by atoms with van der Waals surface area (Å²) < 4.78 is 22.4. The van der Waals surface area contributed by atoms with Crippen LogP contribution < -0.4 is 0 Å². The molecular weight excluding hydrogens is 206 g/mol. The fraction of sp³-hybridized carbons (Fsp3) is 1.00. The van der Waals surface area contributed by atoms with Gasteiger partial charge in [-0.3, -0.25) is 4.90 Å². The highest BCUT2D eigenvalue weighted by molar-refractivity contribution is 7.91. The second-order valence-corrected chi connectivity index (χ2v) is 6.77.